The highest BCUT2D eigenvalue weighted by molar-refractivity contribution is 6.10. The Kier molecular flexibility index (Phi) is 4.07. The van der Waals surface area contributed by atoms with E-state index in [2.05, 4.69) is 13.0 Å². The number of ketones is 1. The van der Waals surface area contributed by atoms with Crippen molar-refractivity contribution in [3.8, 4) is 0 Å². The predicted molar refractivity (Wildman–Crippen MR) is 92.9 cm³/mol. The molecule has 1 saturated heterocycles. The number of piperidine rings is 1. The van der Waals surface area contributed by atoms with Gasteiger partial charge in [-0.05, 0) is 39.5 Å². The molecule has 25 heavy (non-hydrogen) atoms. The van der Waals surface area contributed by atoms with Gasteiger partial charge >= 0.3 is 0 Å². The molecule has 0 radical (unpaired) electrons. The second-order valence-corrected chi connectivity index (χ2v) is 7.55. The fraction of sp³-hybridized carbons (Fsp3) is 0.600. The number of likely N-dealkylation sites (tertiary alicyclic amines) is 1. The van der Waals surface area contributed by atoms with Crippen LogP contribution in [0.5, 0.6) is 0 Å². The molecule has 0 saturated carbocycles. The average molecular weight is 343 g/mol. The summed E-state index contributed by atoms with van der Waals surface area (Å²) in [7, 11) is 0. The summed E-state index contributed by atoms with van der Waals surface area (Å²) in [5.74, 6) is 1.25. The van der Waals surface area contributed by atoms with Gasteiger partial charge in [0.2, 0.25) is 0 Å². The zero-order chi connectivity index (χ0) is 17.6. The van der Waals surface area contributed by atoms with E-state index < -0.39 is 0 Å². The Morgan fingerprint density at radius 1 is 1.16 bits per heavy atom. The molecule has 5 nitrogen and oxygen atoms in total. The lowest BCUT2D eigenvalue weighted by Crippen LogP contribution is -2.48. The number of furan rings is 1. The van der Waals surface area contributed by atoms with Gasteiger partial charge in [-0.1, -0.05) is 11.6 Å². The van der Waals surface area contributed by atoms with Crippen molar-refractivity contribution in [2.75, 3.05) is 19.7 Å². The number of hydrogen-bond acceptors (Lipinski definition) is 4. The molecule has 4 rings (SSSR count). The van der Waals surface area contributed by atoms with Gasteiger partial charge in [0, 0.05) is 25.9 Å². The van der Waals surface area contributed by atoms with Gasteiger partial charge in [-0.3, -0.25) is 9.59 Å². The zero-order valence-corrected chi connectivity index (χ0v) is 15.0. The van der Waals surface area contributed by atoms with Gasteiger partial charge in [0.25, 0.3) is 5.91 Å². The number of rotatable bonds is 1. The predicted octanol–water partition coefficient (Wildman–Crippen LogP) is 3.45. The maximum absolute atomic E-state index is 13.1. The molecule has 3 aliphatic rings. The van der Waals surface area contributed by atoms with Crippen molar-refractivity contribution < 1.29 is 18.7 Å². The number of amides is 1. The van der Waals surface area contributed by atoms with Gasteiger partial charge < -0.3 is 14.1 Å². The van der Waals surface area contributed by atoms with Crippen LogP contribution in [-0.2, 0) is 11.2 Å². The topological polar surface area (TPSA) is 59.8 Å². The molecule has 1 aromatic heterocycles. The van der Waals surface area contributed by atoms with Crippen LogP contribution >= 0.6 is 0 Å². The Morgan fingerprint density at radius 3 is 2.64 bits per heavy atom. The number of carbonyl (C=O) groups is 2. The van der Waals surface area contributed by atoms with Crippen molar-refractivity contribution in [1.82, 2.24) is 4.90 Å². The molecule has 0 N–H and O–H groups in total. The van der Waals surface area contributed by atoms with Crippen LogP contribution in [0.25, 0.3) is 0 Å². The molecule has 0 aromatic carbocycles. The molecule has 1 amide bonds. The highest BCUT2D eigenvalue weighted by atomic mass is 16.5. The summed E-state index contributed by atoms with van der Waals surface area (Å²) in [4.78, 5) is 27.3. The van der Waals surface area contributed by atoms with Crippen LogP contribution < -0.4 is 0 Å². The summed E-state index contributed by atoms with van der Waals surface area (Å²) in [6, 6.07) is 0. The van der Waals surface area contributed by atoms with E-state index >= 15 is 0 Å². The third-order valence-corrected chi connectivity index (χ3v) is 5.75. The number of nitrogens with zero attached hydrogens (tertiary/aromatic N) is 1. The van der Waals surface area contributed by atoms with Crippen molar-refractivity contribution >= 4 is 11.7 Å². The van der Waals surface area contributed by atoms with Gasteiger partial charge in [-0.15, -0.1) is 0 Å². The van der Waals surface area contributed by atoms with E-state index in [0.717, 1.165) is 38.7 Å². The SMILES string of the molecule is CC1=CC2(CCN(C(=O)c3c(C)oc4c3C(=O)CCC4)CC2)OCC1. The number of Topliss-reactive ketones (excluding diaryl/α,β-unsaturated/α-hetero) is 1. The van der Waals surface area contributed by atoms with Crippen LogP contribution in [-0.4, -0.2) is 41.9 Å². The highest BCUT2D eigenvalue weighted by Gasteiger charge is 2.39. The summed E-state index contributed by atoms with van der Waals surface area (Å²) >= 11 is 0. The van der Waals surface area contributed by atoms with Crippen LogP contribution in [0.15, 0.2) is 16.1 Å². The number of hydrogen-bond donors (Lipinski definition) is 0. The van der Waals surface area contributed by atoms with Crippen LogP contribution in [0.3, 0.4) is 0 Å². The van der Waals surface area contributed by atoms with E-state index in [1.165, 1.54) is 5.57 Å². The molecule has 3 heterocycles. The third-order valence-electron chi connectivity index (χ3n) is 5.75. The van der Waals surface area contributed by atoms with Gasteiger partial charge in [-0.2, -0.15) is 0 Å². The molecule has 1 aromatic rings. The highest BCUT2D eigenvalue weighted by Crippen LogP contribution is 2.35. The first-order valence-electron chi connectivity index (χ1n) is 9.26. The lowest BCUT2D eigenvalue weighted by Gasteiger charge is -2.42. The number of aryl methyl sites for hydroxylation is 2. The molecular weight excluding hydrogens is 318 g/mol. The van der Waals surface area contributed by atoms with Crippen LogP contribution in [0.4, 0.5) is 0 Å². The Hall–Kier alpha value is -1.88. The second-order valence-electron chi connectivity index (χ2n) is 7.55. The molecule has 0 bridgehead atoms. The fourth-order valence-electron chi connectivity index (χ4n) is 4.38. The number of carbonyl (C=O) groups excluding carboxylic acids is 2. The normalized spacial score (nSPS) is 22.7. The van der Waals surface area contributed by atoms with E-state index in [4.69, 9.17) is 9.15 Å². The summed E-state index contributed by atoms with van der Waals surface area (Å²) in [6.45, 7) is 6.00. The maximum atomic E-state index is 13.1. The molecule has 134 valence electrons. The van der Waals surface area contributed by atoms with E-state index in [1.54, 1.807) is 6.92 Å². The van der Waals surface area contributed by atoms with E-state index in [9.17, 15) is 9.59 Å². The molecule has 1 fully saturated rings. The van der Waals surface area contributed by atoms with Crippen molar-refractivity contribution in [2.24, 2.45) is 0 Å². The lowest BCUT2D eigenvalue weighted by molar-refractivity contribution is -0.0522. The number of ether oxygens (including phenoxy) is 1. The Balaban J connectivity index is 1.55. The van der Waals surface area contributed by atoms with Crippen molar-refractivity contribution in [3.05, 3.63) is 34.3 Å². The monoisotopic (exact) mass is 343 g/mol. The Bertz CT molecular complexity index is 750. The summed E-state index contributed by atoms with van der Waals surface area (Å²) in [5, 5.41) is 0. The molecule has 2 aliphatic heterocycles. The number of fused-ring (bicyclic) bond motifs is 1. The van der Waals surface area contributed by atoms with Crippen molar-refractivity contribution in [3.63, 3.8) is 0 Å². The van der Waals surface area contributed by atoms with E-state index in [1.807, 2.05) is 4.90 Å². The largest absolute Gasteiger partial charge is 0.465 e. The minimum absolute atomic E-state index is 0.0455. The molecule has 1 spiro atoms. The van der Waals surface area contributed by atoms with E-state index in [0.29, 0.717) is 42.2 Å². The first kappa shape index (κ1) is 16.6. The molecular formula is C20H25NO4. The van der Waals surface area contributed by atoms with Gasteiger partial charge in [-0.25, -0.2) is 0 Å². The van der Waals surface area contributed by atoms with Crippen LogP contribution in [0.1, 0.15) is 71.3 Å². The molecule has 0 unspecified atom stereocenters. The first-order chi connectivity index (χ1) is 12.0. The third kappa shape index (κ3) is 2.84. The van der Waals surface area contributed by atoms with Crippen molar-refractivity contribution in [2.45, 2.75) is 58.0 Å². The van der Waals surface area contributed by atoms with Crippen LogP contribution in [0.2, 0.25) is 0 Å². The Morgan fingerprint density at radius 2 is 1.92 bits per heavy atom. The summed E-state index contributed by atoms with van der Waals surface area (Å²) in [5.41, 5.74) is 2.20. The van der Waals surface area contributed by atoms with E-state index in [-0.39, 0.29) is 17.3 Å². The first-order valence-corrected chi connectivity index (χ1v) is 9.26. The van der Waals surface area contributed by atoms with Gasteiger partial charge in [0.1, 0.15) is 11.5 Å². The average Bonchev–Trinajstić information content (AvgIpc) is 2.92. The maximum Gasteiger partial charge on any atom is 0.258 e. The summed E-state index contributed by atoms with van der Waals surface area (Å²) in [6.07, 6.45) is 6.91. The smallest absolute Gasteiger partial charge is 0.258 e. The minimum atomic E-state index is -0.209. The fourth-order valence-corrected chi connectivity index (χ4v) is 4.38. The van der Waals surface area contributed by atoms with Gasteiger partial charge in [0.15, 0.2) is 5.78 Å². The summed E-state index contributed by atoms with van der Waals surface area (Å²) < 4.78 is 11.8. The minimum Gasteiger partial charge on any atom is -0.465 e. The van der Waals surface area contributed by atoms with Gasteiger partial charge in [0.05, 0.1) is 23.3 Å². The van der Waals surface area contributed by atoms with Crippen LogP contribution in [0, 0.1) is 6.92 Å². The Labute approximate surface area is 148 Å². The molecule has 5 heteroatoms. The standard InChI is InChI=1S/C20H25NO4/c1-13-6-11-24-20(12-13)7-9-21(10-8-20)19(23)17-14(2)25-16-5-3-4-15(22)18(16)17/h12H,3-11H2,1-2H3. The molecule has 0 atom stereocenters. The molecule has 1 aliphatic carbocycles. The van der Waals surface area contributed by atoms with Crippen molar-refractivity contribution in [1.29, 1.82) is 0 Å². The second kappa shape index (κ2) is 6.13. The lowest BCUT2D eigenvalue weighted by atomic mass is 9.86. The quantitative estimate of drug-likeness (QED) is 0.733. The zero-order valence-electron chi connectivity index (χ0n) is 15.0.